The summed E-state index contributed by atoms with van der Waals surface area (Å²) in [6.45, 7) is 26.8. The standard InChI is InChI=1S/2C39H50N6O4.C36H52N6O4/c2*1-4-38(5-2,44-34(46)31-22-13-8-14-23-31)36(48)42-32(24-17-27-41-28(3)40)35(47)45-39(25-15-16-26-39)37(49)43-33(29-18-9-6-10-19-29)30-20-11-7-12-21-30;1-6-35(7-2,41-31(43)25(3)4)33(45)39-29(21-16-24-38-26(5)37)32(44)42-36(22-14-15-23-36)34(46)40-30(27-17-10-8-11-18-27)28-19-12-9-13-20-28/h2*6-14,18-23,32-33,41H,3-5,15-17,24-27,40H2,1-2H3,(H,42,48)(H,43,49)(H,44,46)(H,45,47);8-13,17-20,25,29-30,38H,5-7,14-16,21-24,37H2,1-4H3,(H,39,45)(H,40,46)(H,41,43)(H,42,44)/t2*32-;29-/m101/s1. The van der Waals surface area contributed by atoms with Gasteiger partial charge in [-0.05, 0) is 173 Å². The minimum atomic E-state index is -1.25. The zero-order chi connectivity index (χ0) is 104. The van der Waals surface area contributed by atoms with E-state index in [0.717, 1.165) is 71.9 Å². The monoisotopic (exact) mass is 1970 g/mol. The van der Waals surface area contributed by atoms with Gasteiger partial charge in [0, 0.05) is 36.7 Å². The summed E-state index contributed by atoms with van der Waals surface area (Å²) in [5, 5.41) is 45.5. The molecule has 0 bridgehead atoms. The lowest BCUT2D eigenvalue weighted by Gasteiger charge is -2.36. The summed E-state index contributed by atoms with van der Waals surface area (Å²) in [7, 11) is 0. The van der Waals surface area contributed by atoms with Crippen LogP contribution in [0, 0.1) is 5.92 Å². The summed E-state index contributed by atoms with van der Waals surface area (Å²) in [4.78, 5) is 166. The van der Waals surface area contributed by atoms with Crippen molar-refractivity contribution < 1.29 is 57.5 Å². The lowest BCUT2D eigenvalue weighted by atomic mass is 9.89. The van der Waals surface area contributed by atoms with E-state index in [-0.39, 0.29) is 60.6 Å². The molecule has 144 heavy (non-hydrogen) atoms. The number of nitrogens with one attached hydrogen (secondary N) is 15. The van der Waals surface area contributed by atoms with E-state index in [1.807, 2.05) is 236 Å². The lowest BCUT2D eigenvalue weighted by molar-refractivity contribution is -0.139. The Kier molecular flexibility index (Phi) is 43.7. The highest BCUT2D eigenvalue weighted by Gasteiger charge is 2.50. The molecule has 30 heteroatoms. The summed E-state index contributed by atoms with van der Waals surface area (Å²) in [5.41, 5.74) is 16.3. The molecule has 3 aliphatic rings. The van der Waals surface area contributed by atoms with Gasteiger partial charge in [0.05, 0.1) is 35.6 Å². The number of hydrogen-bond acceptors (Lipinski definition) is 18. The quantitative estimate of drug-likeness (QED) is 0.0157. The van der Waals surface area contributed by atoms with Crippen molar-refractivity contribution in [3.8, 4) is 0 Å². The van der Waals surface area contributed by atoms with E-state index in [4.69, 9.17) is 17.2 Å². The fraction of sp³-hybridized carbons (Fsp3) is 0.421. The number of rotatable bonds is 51. The van der Waals surface area contributed by atoms with Crippen molar-refractivity contribution in [1.29, 1.82) is 0 Å². The second kappa shape index (κ2) is 55.7. The molecule has 0 heterocycles. The maximum absolute atomic E-state index is 14.3. The summed E-state index contributed by atoms with van der Waals surface area (Å²) in [6, 6.07) is 71.7. The Morgan fingerprint density at radius 1 is 0.292 bits per heavy atom. The van der Waals surface area contributed by atoms with Gasteiger partial charge in [-0.2, -0.15) is 0 Å². The molecule has 0 spiro atoms. The first-order chi connectivity index (χ1) is 69.2. The van der Waals surface area contributed by atoms with E-state index in [2.05, 4.69) is 99.5 Å². The molecule has 770 valence electrons. The van der Waals surface area contributed by atoms with Crippen molar-refractivity contribution in [3.05, 3.63) is 324 Å². The van der Waals surface area contributed by atoms with Gasteiger partial charge in [-0.3, -0.25) is 57.5 Å². The van der Waals surface area contributed by atoms with Gasteiger partial charge in [-0.15, -0.1) is 0 Å². The van der Waals surface area contributed by atoms with Crippen molar-refractivity contribution in [2.24, 2.45) is 23.1 Å². The van der Waals surface area contributed by atoms with Crippen molar-refractivity contribution >= 4 is 70.9 Å². The average Bonchev–Trinajstić information content (AvgIpc) is 1.38. The lowest BCUT2D eigenvalue weighted by Crippen LogP contribution is -2.64. The van der Waals surface area contributed by atoms with E-state index in [1.54, 1.807) is 62.4 Å². The van der Waals surface area contributed by atoms with Gasteiger partial charge in [-0.1, -0.05) is 332 Å². The van der Waals surface area contributed by atoms with Crippen LogP contribution >= 0.6 is 0 Å². The molecule has 12 amide bonds. The highest BCUT2D eigenvalue weighted by atomic mass is 16.2. The van der Waals surface area contributed by atoms with Crippen molar-refractivity contribution in [1.82, 2.24) is 79.8 Å². The Bertz CT molecular complexity index is 5150. The molecule has 3 aliphatic carbocycles. The molecule has 8 aromatic carbocycles. The molecule has 0 unspecified atom stereocenters. The van der Waals surface area contributed by atoms with Crippen LogP contribution in [0.3, 0.4) is 0 Å². The highest BCUT2D eigenvalue weighted by Crippen LogP contribution is 2.37. The molecule has 8 aromatic rings. The first-order valence-corrected chi connectivity index (χ1v) is 51.0. The van der Waals surface area contributed by atoms with E-state index < -0.39 is 105 Å². The predicted molar refractivity (Wildman–Crippen MR) is 565 cm³/mol. The molecule has 3 saturated carbocycles. The van der Waals surface area contributed by atoms with E-state index in [9.17, 15) is 57.5 Å². The number of carbonyl (C=O) groups is 12. The maximum Gasteiger partial charge on any atom is 0.252 e. The zero-order valence-corrected chi connectivity index (χ0v) is 85.0. The molecule has 3 fully saturated rings. The van der Waals surface area contributed by atoms with Crippen LogP contribution in [-0.4, -0.2) is 142 Å². The van der Waals surface area contributed by atoms with Crippen molar-refractivity contribution in [2.75, 3.05) is 19.6 Å². The Morgan fingerprint density at radius 3 is 0.688 bits per heavy atom. The van der Waals surface area contributed by atoms with Crippen LogP contribution in [0.5, 0.6) is 0 Å². The van der Waals surface area contributed by atoms with Gasteiger partial charge in [0.1, 0.15) is 51.4 Å². The van der Waals surface area contributed by atoms with E-state index in [1.165, 1.54) is 0 Å². The summed E-state index contributed by atoms with van der Waals surface area (Å²) in [5.74, 6) is -3.89. The van der Waals surface area contributed by atoms with Gasteiger partial charge >= 0.3 is 0 Å². The highest BCUT2D eigenvalue weighted by molar-refractivity contribution is 6.03. The number of benzene rings is 8. The maximum atomic E-state index is 14.3. The largest absolute Gasteiger partial charge is 0.386 e. The number of nitrogens with two attached hydrogens (primary N) is 3. The Balaban J connectivity index is 0.000000241. The van der Waals surface area contributed by atoms with Gasteiger partial charge < -0.3 is 97.0 Å². The smallest absolute Gasteiger partial charge is 0.252 e. The fourth-order valence-corrected chi connectivity index (χ4v) is 18.8. The topological polar surface area (TPSA) is 463 Å². The third kappa shape index (κ3) is 31.7. The molecule has 30 nitrogen and oxygen atoms in total. The van der Waals surface area contributed by atoms with Crippen molar-refractivity contribution in [3.63, 3.8) is 0 Å². The van der Waals surface area contributed by atoms with Gasteiger partial charge in [-0.25, -0.2) is 0 Å². The van der Waals surface area contributed by atoms with Crippen LogP contribution in [0.25, 0.3) is 0 Å². The molecule has 0 radical (unpaired) electrons. The van der Waals surface area contributed by atoms with Crippen molar-refractivity contribution in [2.45, 2.75) is 279 Å². The van der Waals surface area contributed by atoms with E-state index >= 15 is 0 Å². The Labute approximate surface area is 849 Å². The third-order valence-electron chi connectivity index (χ3n) is 27.9. The summed E-state index contributed by atoms with van der Waals surface area (Å²) in [6.07, 6.45) is 11.7. The second-order valence-electron chi connectivity index (χ2n) is 38.0. The van der Waals surface area contributed by atoms with Crippen LogP contribution in [0.4, 0.5) is 0 Å². The number of carbonyl (C=O) groups excluding carboxylic acids is 12. The normalized spacial score (nSPS) is 14.5. The Hall–Kier alpha value is -14.6. The zero-order valence-electron chi connectivity index (χ0n) is 85.0. The number of amides is 12. The van der Waals surface area contributed by atoms with Crippen LogP contribution < -0.4 is 97.0 Å². The SMILES string of the molecule is C=C(N)NCCC[C@@H](NC(=O)C(CC)(CC)NC(=O)C(C)C)C(=O)NC1(C(=O)NC(c2ccccc2)c2ccccc2)CCCC1.C=C(N)NCCC[C@@H](NC(=O)C(CC)(CC)NC(=O)c1ccccc1)C(=O)NC1(C(=O)NC(c2ccccc2)c2ccccc2)CCCC1.C=C(N)NCCC[C@H](NC(=O)C(CC)(CC)NC(=O)c1ccccc1)C(=O)NC1(C(=O)NC(c2ccccc2)c2ccccc2)CCCC1. The van der Waals surface area contributed by atoms with Crippen LogP contribution in [0.1, 0.15) is 282 Å². The first-order valence-electron chi connectivity index (χ1n) is 51.0. The summed E-state index contributed by atoms with van der Waals surface area (Å²) >= 11 is 0. The average molecular weight is 1970 g/mol. The minimum Gasteiger partial charge on any atom is -0.386 e. The minimum absolute atomic E-state index is 0.238. The van der Waals surface area contributed by atoms with Crippen LogP contribution in [0.2, 0.25) is 0 Å². The predicted octanol–water partition coefficient (Wildman–Crippen LogP) is 13.1. The molecule has 11 rings (SSSR count). The van der Waals surface area contributed by atoms with E-state index in [0.29, 0.717) is 145 Å². The molecule has 3 atom stereocenters. The molecule has 0 aliphatic heterocycles. The van der Waals surface area contributed by atoms with Crippen LogP contribution in [-0.2, 0) is 47.9 Å². The van der Waals surface area contributed by atoms with Gasteiger partial charge in [0.25, 0.3) is 11.8 Å². The molecular weight excluding hydrogens is 1810 g/mol. The van der Waals surface area contributed by atoms with Gasteiger partial charge in [0.2, 0.25) is 59.1 Å². The molecule has 21 N–H and O–H groups in total. The van der Waals surface area contributed by atoms with Crippen LogP contribution in [0.15, 0.2) is 280 Å². The molecular formula is C114H152N18O12. The number of hydrogen-bond donors (Lipinski definition) is 18. The third-order valence-corrected chi connectivity index (χ3v) is 27.9. The Morgan fingerprint density at radius 2 is 0.493 bits per heavy atom. The molecule has 0 saturated heterocycles. The summed E-state index contributed by atoms with van der Waals surface area (Å²) < 4.78 is 0. The fourth-order valence-electron chi connectivity index (χ4n) is 18.8. The first kappa shape index (κ1) is 113. The molecule has 0 aromatic heterocycles. The van der Waals surface area contributed by atoms with Gasteiger partial charge in [0.15, 0.2) is 0 Å². The second-order valence-corrected chi connectivity index (χ2v) is 38.0.